The first-order valence-electron chi connectivity index (χ1n) is 9.35. The average Bonchev–Trinajstić information content (AvgIpc) is 2.54. The van der Waals surface area contributed by atoms with Crippen LogP contribution in [0.15, 0.2) is 0 Å². The quantitative estimate of drug-likeness (QED) is 0.338. The van der Waals surface area contributed by atoms with E-state index in [1.807, 2.05) is 0 Å². The van der Waals surface area contributed by atoms with Crippen molar-refractivity contribution >= 4 is 0 Å². The maximum absolute atomic E-state index is 9.45. The molecule has 1 radical (unpaired) electrons. The molecule has 0 aliphatic rings. The van der Waals surface area contributed by atoms with E-state index >= 15 is 0 Å². The summed E-state index contributed by atoms with van der Waals surface area (Å²) < 4.78 is 0. The van der Waals surface area contributed by atoms with E-state index in [-0.39, 0.29) is 18.6 Å². The zero-order valence-corrected chi connectivity index (χ0v) is 23.4. The molecule has 0 amide bonds. The third-order valence-electron chi connectivity index (χ3n) is 1.25. The summed E-state index contributed by atoms with van der Waals surface area (Å²) in [7, 11) is 0. The Morgan fingerprint density at radius 1 is 0.290 bits per heavy atom. The minimum Gasteiger partial charge on any atom is -0.723 e. The minimum absolute atomic E-state index is 0. The molecule has 11 heteroatoms. The van der Waals surface area contributed by atoms with Crippen LogP contribution >= 0.6 is 0 Å². The molecular weight excluding hydrogens is 451 g/mol. The summed E-state index contributed by atoms with van der Waals surface area (Å²) in [6, 6.07) is 0. The van der Waals surface area contributed by atoms with Gasteiger partial charge in [-0.05, 0) is 104 Å². The summed E-state index contributed by atoms with van der Waals surface area (Å²) in [5.41, 5.74) is -2.57. The standard InChI is InChI=1S/5C4H10O2.V/c5*1-4(2,3)6-5;/h5*5H,1-3H3;/p-5. The fraction of sp³-hybridized carbons (Fsp3) is 1.00. The Bertz CT molecular complexity index is 264. The smallest absolute Gasteiger partial charge is 0.0474 e. The van der Waals surface area contributed by atoms with Crippen molar-refractivity contribution in [3.05, 3.63) is 0 Å². The van der Waals surface area contributed by atoms with Gasteiger partial charge >= 0.3 is 0 Å². The van der Waals surface area contributed by atoms with E-state index < -0.39 is 28.0 Å². The molecule has 0 aromatic carbocycles. The number of hydrogen-bond donors (Lipinski definition) is 0. The van der Waals surface area contributed by atoms with Crippen molar-refractivity contribution in [3.63, 3.8) is 0 Å². The molecule has 0 heterocycles. The Morgan fingerprint density at radius 3 is 0.323 bits per heavy atom. The van der Waals surface area contributed by atoms with Crippen LogP contribution < -0.4 is 26.3 Å². The molecule has 195 valence electrons. The van der Waals surface area contributed by atoms with Crippen LogP contribution in [-0.2, 0) is 43.0 Å². The third kappa shape index (κ3) is 104. The van der Waals surface area contributed by atoms with Crippen molar-refractivity contribution in [2.24, 2.45) is 0 Å². The van der Waals surface area contributed by atoms with Gasteiger partial charge in [0.15, 0.2) is 0 Å². The van der Waals surface area contributed by atoms with Gasteiger partial charge in [-0.1, -0.05) is 0 Å². The molecule has 0 atom stereocenters. The van der Waals surface area contributed by atoms with Gasteiger partial charge in [-0.2, -0.15) is 0 Å². The van der Waals surface area contributed by atoms with Gasteiger partial charge in [-0.3, -0.25) is 0 Å². The summed E-state index contributed by atoms with van der Waals surface area (Å²) >= 11 is 0. The number of hydrogen-bond acceptors (Lipinski definition) is 10. The molecule has 0 aliphatic heterocycles. The molecule has 0 N–H and O–H groups in total. The van der Waals surface area contributed by atoms with Crippen molar-refractivity contribution in [2.75, 3.05) is 0 Å². The first kappa shape index (κ1) is 44.8. The van der Waals surface area contributed by atoms with Crippen LogP contribution in [0.25, 0.3) is 0 Å². The molecule has 31 heavy (non-hydrogen) atoms. The SMILES string of the molecule is CC(C)(C)O[O-].CC(C)(C)O[O-].CC(C)(C)O[O-].CC(C)(C)O[O-].CC(C)(C)O[O-].[V]. The topological polar surface area (TPSA) is 161 Å². The monoisotopic (exact) mass is 496 g/mol. The molecular formula is C20H45O10V-5. The Kier molecular flexibility index (Phi) is 30.0. The van der Waals surface area contributed by atoms with Crippen LogP contribution in [0.2, 0.25) is 0 Å². The largest absolute Gasteiger partial charge is 0.723 e. The molecule has 0 saturated heterocycles. The van der Waals surface area contributed by atoms with E-state index in [0.29, 0.717) is 0 Å². The van der Waals surface area contributed by atoms with Crippen molar-refractivity contribution in [3.8, 4) is 0 Å². The molecule has 0 unspecified atom stereocenters. The zero-order valence-electron chi connectivity index (χ0n) is 22.0. The van der Waals surface area contributed by atoms with Crippen LogP contribution in [0, 0.1) is 0 Å². The molecule has 0 aromatic heterocycles. The summed E-state index contributed by atoms with van der Waals surface area (Å²) in [6.45, 7) is 25.6. The van der Waals surface area contributed by atoms with Gasteiger partial charge in [0.05, 0.1) is 0 Å². The van der Waals surface area contributed by atoms with Crippen LogP contribution in [0.3, 0.4) is 0 Å². The Morgan fingerprint density at radius 2 is 0.323 bits per heavy atom. The van der Waals surface area contributed by atoms with Crippen molar-refractivity contribution in [1.29, 1.82) is 0 Å². The van der Waals surface area contributed by atoms with Crippen LogP contribution in [0.5, 0.6) is 0 Å². The van der Waals surface area contributed by atoms with Gasteiger partial charge in [0.2, 0.25) is 0 Å². The van der Waals surface area contributed by atoms with E-state index in [2.05, 4.69) is 24.4 Å². The predicted molar refractivity (Wildman–Crippen MR) is 104 cm³/mol. The summed E-state index contributed by atoms with van der Waals surface area (Å²) in [4.78, 5) is 18.4. The second-order valence-corrected chi connectivity index (χ2v) is 11.0. The molecule has 0 spiro atoms. The number of rotatable bonds is 0. The van der Waals surface area contributed by atoms with Gasteiger partial charge in [0.1, 0.15) is 0 Å². The van der Waals surface area contributed by atoms with E-state index in [0.717, 1.165) is 0 Å². The minimum atomic E-state index is -0.514. The van der Waals surface area contributed by atoms with Gasteiger partial charge in [0, 0.05) is 46.6 Å². The third-order valence-corrected chi connectivity index (χ3v) is 1.25. The van der Waals surface area contributed by atoms with E-state index in [9.17, 15) is 26.3 Å². The molecule has 0 fully saturated rings. The van der Waals surface area contributed by atoms with Crippen molar-refractivity contribution in [2.45, 2.75) is 132 Å². The summed E-state index contributed by atoms with van der Waals surface area (Å²) in [6.07, 6.45) is 0. The van der Waals surface area contributed by atoms with E-state index in [1.54, 1.807) is 104 Å². The van der Waals surface area contributed by atoms with Crippen molar-refractivity contribution < 1.29 is 69.3 Å². The molecule has 10 nitrogen and oxygen atoms in total. The van der Waals surface area contributed by atoms with Gasteiger partial charge in [-0.15, -0.1) is 0 Å². The first-order chi connectivity index (χ1) is 12.8. The van der Waals surface area contributed by atoms with E-state index in [1.165, 1.54) is 0 Å². The molecule has 0 bridgehead atoms. The Labute approximate surface area is 201 Å². The Balaban J connectivity index is -0.0000000625. The second kappa shape index (κ2) is 20.8. The van der Waals surface area contributed by atoms with Crippen LogP contribution in [-0.4, -0.2) is 28.0 Å². The summed E-state index contributed by atoms with van der Waals surface area (Å²) in [5.74, 6) is 0. The van der Waals surface area contributed by atoms with Gasteiger partial charge in [-0.25, -0.2) is 0 Å². The van der Waals surface area contributed by atoms with Crippen LogP contribution in [0.1, 0.15) is 104 Å². The summed E-state index contributed by atoms with van der Waals surface area (Å²) in [5, 5.41) is 47.3. The first-order valence-corrected chi connectivity index (χ1v) is 9.35. The fourth-order valence-electron chi connectivity index (χ4n) is 0. The molecule has 0 rings (SSSR count). The predicted octanol–water partition coefficient (Wildman–Crippen LogP) is 0.382. The maximum Gasteiger partial charge on any atom is 0.0474 e. The van der Waals surface area contributed by atoms with Gasteiger partial charge in [0.25, 0.3) is 0 Å². The molecule has 0 aliphatic carbocycles. The van der Waals surface area contributed by atoms with E-state index in [4.69, 9.17) is 0 Å². The molecule has 0 saturated carbocycles. The zero-order chi connectivity index (χ0) is 26.0. The second-order valence-electron chi connectivity index (χ2n) is 11.0. The van der Waals surface area contributed by atoms with Gasteiger partial charge < -0.3 is 50.7 Å². The molecule has 0 aromatic rings. The normalized spacial score (nSPS) is 11.6. The maximum atomic E-state index is 9.45. The fourth-order valence-corrected chi connectivity index (χ4v) is 0. The van der Waals surface area contributed by atoms with Crippen LogP contribution in [0.4, 0.5) is 0 Å². The van der Waals surface area contributed by atoms with Crippen molar-refractivity contribution in [1.82, 2.24) is 0 Å². The average molecular weight is 497 g/mol. The Hall–Kier alpha value is 0.184.